The lowest BCUT2D eigenvalue weighted by Gasteiger charge is -2.32. The van der Waals surface area contributed by atoms with Crippen LogP contribution in [0, 0.1) is 19.3 Å². The third-order valence-corrected chi connectivity index (χ3v) is 6.17. The number of hydrazine groups is 1. The van der Waals surface area contributed by atoms with Crippen LogP contribution in [0.4, 0.5) is 0 Å². The Bertz CT molecular complexity index is 1080. The van der Waals surface area contributed by atoms with Gasteiger partial charge >= 0.3 is 5.97 Å². The lowest BCUT2D eigenvalue weighted by molar-refractivity contribution is -0.156. The Morgan fingerprint density at radius 1 is 1.34 bits per heavy atom. The summed E-state index contributed by atoms with van der Waals surface area (Å²) in [6.07, 6.45) is 0.826. The molecule has 0 saturated heterocycles. The number of aromatic nitrogens is 1. The van der Waals surface area contributed by atoms with Gasteiger partial charge in [0.1, 0.15) is 12.4 Å². The molecule has 0 radical (unpaired) electrons. The summed E-state index contributed by atoms with van der Waals surface area (Å²) in [6, 6.07) is 9.91. The van der Waals surface area contributed by atoms with Crippen LogP contribution in [0.15, 0.2) is 42.2 Å². The van der Waals surface area contributed by atoms with Crippen LogP contribution in [0.2, 0.25) is 0 Å². The zero-order valence-corrected chi connectivity index (χ0v) is 21.2. The van der Waals surface area contributed by atoms with E-state index >= 15 is 0 Å². The van der Waals surface area contributed by atoms with Gasteiger partial charge in [-0.1, -0.05) is 18.2 Å². The summed E-state index contributed by atoms with van der Waals surface area (Å²) in [7, 11) is 1.65. The highest BCUT2D eigenvalue weighted by atomic mass is 16.5. The van der Waals surface area contributed by atoms with Gasteiger partial charge in [0.2, 0.25) is 0 Å². The number of pyridine rings is 1. The molecule has 9 heteroatoms. The van der Waals surface area contributed by atoms with Crippen LogP contribution < -0.4 is 16.3 Å². The average molecular weight is 484 g/mol. The first-order chi connectivity index (χ1) is 16.5. The van der Waals surface area contributed by atoms with E-state index in [-0.39, 0.29) is 6.61 Å². The Labute approximate surface area is 207 Å². The van der Waals surface area contributed by atoms with E-state index in [1.807, 2.05) is 37.3 Å². The third-order valence-electron chi connectivity index (χ3n) is 6.17. The number of benzene rings is 1. The number of aliphatic carboxylic acids is 1. The predicted octanol–water partition coefficient (Wildman–Crippen LogP) is 2.87. The number of nitrogens with two attached hydrogens (primary N) is 2. The molecule has 0 amide bonds. The number of ether oxygens (including phenoxy) is 2. The van der Waals surface area contributed by atoms with Gasteiger partial charge in [0, 0.05) is 38.6 Å². The molecule has 35 heavy (non-hydrogen) atoms. The van der Waals surface area contributed by atoms with Crippen molar-refractivity contribution < 1.29 is 19.4 Å². The Hall–Kier alpha value is -3.14. The lowest BCUT2D eigenvalue weighted by Crippen LogP contribution is -2.34. The van der Waals surface area contributed by atoms with E-state index in [1.54, 1.807) is 27.1 Å². The summed E-state index contributed by atoms with van der Waals surface area (Å²) in [5.74, 6) is 5.50. The highest BCUT2D eigenvalue weighted by Crippen LogP contribution is 2.38. The van der Waals surface area contributed by atoms with Crippen molar-refractivity contribution in [3.8, 4) is 5.75 Å². The molecule has 1 unspecified atom stereocenters. The van der Waals surface area contributed by atoms with E-state index in [9.17, 15) is 9.90 Å². The van der Waals surface area contributed by atoms with Crippen molar-refractivity contribution in [2.45, 2.75) is 46.9 Å². The van der Waals surface area contributed by atoms with E-state index in [0.29, 0.717) is 25.4 Å². The zero-order valence-electron chi connectivity index (χ0n) is 21.2. The van der Waals surface area contributed by atoms with Crippen LogP contribution in [-0.4, -0.2) is 52.8 Å². The predicted molar refractivity (Wildman–Crippen MR) is 134 cm³/mol. The van der Waals surface area contributed by atoms with E-state index < -0.39 is 17.5 Å². The fourth-order valence-corrected chi connectivity index (χ4v) is 4.13. The second-order valence-electron chi connectivity index (χ2n) is 9.73. The number of carboxylic acids is 1. The molecule has 0 spiro atoms. The maximum atomic E-state index is 12.1. The van der Waals surface area contributed by atoms with Crippen LogP contribution in [0.1, 0.15) is 48.0 Å². The number of hydrogen-bond donors (Lipinski definition) is 3. The highest BCUT2D eigenvalue weighted by Gasteiger charge is 2.39. The molecule has 1 aliphatic heterocycles. The number of nitrogens with zero attached hydrogens (tertiary/aromatic N) is 3. The monoisotopic (exact) mass is 483 g/mol. The van der Waals surface area contributed by atoms with Gasteiger partial charge in [0.05, 0.1) is 29.5 Å². The summed E-state index contributed by atoms with van der Waals surface area (Å²) in [4.78, 5) is 19.1. The van der Waals surface area contributed by atoms with E-state index in [1.165, 1.54) is 5.01 Å². The number of carboxylic acid groups (broad SMARTS) is 1. The van der Waals surface area contributed by atoms with Gasteiger partial charge in [-0.05, 0) is 56.5 Å². The molecule has 2 aromatic rings. The van der Waals surface area contributed by atoms with Crippen LogP contribution in [0.5, 0.6) is 5.75 Å². The number of fused-ring (bicyclic) bond motifs is 1. The summed E-state index contributed by atoms with van der Waals surface area (Å²) in [5.41, 5.74) is 10.1. The number of hydrogen-bond acceptors (Lipinski definition) is 8. The number of aryl methyl sites for hydroxylation is 2. The molecule has 1 atom stereocenters. The smallest absolute Gasteiger partial charge is 0.312 e. The Morgan fingerprint density at radius 2 is 2.09 bits per heavy atom. The maximum absolute atomic E-state index is 12.1. The van der Waals surface area contributed by atoms with Gasteiger partial charge in [0.25, 0.3) is 0 Å². The molecule has 0 fully saturated rings. The zero-order chi connectivity index (χ0) is 25.8. The van der Waals surface area contributed by atoms with Gasteiger partial charge in [-0.15, -0.1) is 0 Å². The van der Waals surface area contributed by atoms with E-state index in [4.69, 9.17) is 21.1 Å². The summed E-state index contributed by atoms with van der Waals surface area (Å²) >= 11 is 0. The number of rotatable bonds is 9. The molecule has 3 rings (SSSR count). The second kappa shape index (κ2) is 11.1. The summed E-state index contributed by atoms with van der Waals surface area (Å²) in [6.45, 7) is 10.1. The van der Waals surface area contributed by atoms with Gasteiger partial charge in [-0.3, -0.25) is 14.7 Å². The molecule has 1 aromatic carbocycles. The van der Waals surface area contributed by atoms with Crippen molar-refractivity contribution in [1.29, 1.82) is 0 Å². The Morgan fingerprint density at radius 3 is 2.77 bits per heavy atom. The van der Waals surface area contributed by atoms with E-state index in [2.05, 4.69) is 16.8 Å². The molecule has 5 N–H and O–H groups in total. The minimum absolute atomic E-state index is 0.0530. The molecule has 190 valence electrons. The normalized spacial score (nSPS) is 15.7. The van der Waals surface area contributed by atoms with Crippen molar-refractivity contribution in [3.05, 3.63) is 70.3 Å². The molecule has 1 aromatic heterocycles. The average Bonchev–Trinajstić information content (AvgIpc) is 2.96. The molecule has 0 saturated carbocycles. The quantitative estimate of drug-likeness (QED) is 0.364. The highest BCUT2D eigenvalue weighted by molar-refractivity contribution is 5.74. The van der Waals surface area contributed by atoms with Gasteiger partial charge < -0.3 is 25.3 Å². The first kappa shape index (κ1) is 26.5. The third kappa shape index (κ3) is 6.72. The van der Waals surface area contributed by atoms with Crippen LogP contribution in [0.3, 0.4) is 0 Å². The molecule has 2 heterocycles. The van der Waals surface area contributed by atoms with Crippen LogP contribution in [0.25, 0.3) is 0 Å². The van der Waals surface area contributed by atoms with Crippen LogP contribution in [-0.2, 0) is 22.6 Å². The molecule has 1 aliphatic rings. The maximum Gasteiger partial charge on any atom is 0.312 e. The summed E-state index contributed by atoms with van der Waals surface area (Å²) < 4.78 is 12.0. The second-order valence-corrected chi connectivity index (χ2v) is 9.73. The lowest BCUT2D eigenvalue weighted by atomic mass is 9.81. The molecule has 0 aliphatic carbocycles. The van der Waals surface area contributed by atoms with Crippen molar-refractivity contribution in [2.75, 3.05) is 26.8 Å². The molecular formula is C26H37N5O4. The van der Waals surface area contributed by atoms with Crippen molar-refractivity contribution in [1.82, 2.24) is 14.9 Å². The minimum Gasteiger partial charge on any atom is -0.490 e. The van der Waals surface area contributed by atoms with Crippen LogP contribution >= 0.6 is 0 Å². The van der Waals surface area contributed by atoms with E-state index in [0.717, 1.165) is 40.4 Å². The largest absolute Gasteiger partial charge is 0.490 e. The van der Waals surface area contributed by atoms with Crippen molar-refractivity contribution in [2.24, 2.45) is 17.0 Å². The molecule has 9 nitrogen and oxygen atoms in total. The molecular weight excluding hydrogens is 446 g/mol. The van der Waals surface area contributed by atoms with Gasteiger partial charge in [-0.2, -0.15) is 0 Å². The topological polar surface area (TPSA) is 127 Å². The van der Waals surface area contributed by atoms with Crippen molar-refractivity contribution in [3.63, 3.8) is 0 Å². The van der Waals surface area contributed by atoms with Gasteiger partial charge in [0.15, 0.2) is 0 Å². The number of carbonyl (C=O) groups is 1. The first-order valence-electron chi connectivity index (χ1n) is 11.7. The molecule has 0 bridgehead atoms. The van der Waals surface area contributed by atoms with Gasteiger partial charge in [-0.25, -0.2) is 5.84 Å². The minimum atomic E-state index is -1.18. The first-order valence-corrected chi connectivity index (χ1v) is 11.7. The van der Waals surface area contributed by atoms with Crippen molar-refractivity contribution >= 4 is 5.97 Å². The summed E-state index contributed by atoms with van der Waals surface area (Å²) in [5, 5.41) is 11.3. The SMILES string of the molecule is Cc1ccc2c(n1)CN(Cc1cc(C(OC/C(N)=C/N(C)N)C(C)(C)C(=O)O)ccc1C)CCO2. The fourth-order valence-electron chi connectivity index (χ4n) is 4.13. The standard InChI is InChI=1S/C26H37N5O4/c1-17-6-8-19(24(26(3,4)25(32)33)35-16-21(27)14-30(5)28)12-20(17)13-31-10-11-34-23-9-7-18(2)29-22(23)15-31/h6-9,12,14,24H,10-11,13,15-16,27-28H2,1-5H3,(H,32,33)/b21-14-. The Kier molecular flexibility index (Phi) is 8.37. The Balaban J connectivity index is 1.87. The fraction of sp³-hybridized carbons (Fsp3) is 0.462.